The molecule has 1 aliphatic rings. The fourth-order valence-electron chi connectivity index (χ4n) is 1.70. The SMILES string of the molecule is Cl.Cl.N#Cc1ccc(NCC2CCNC2)nc1. The fraction of sp³-hybridized carbons (Fsp3) is 0.455. The van der Waals surface area contributed by atoms with Crippen LogP contribution < -0.4 is 10.6 Å². The van der Waals surface area contributed by atoms with Crippen molar-refractivity contribution < 1.29 is 0 Å². The smallest absolute Gasteiger partial charge is 0.125 e. The highest BCUT2D eigenvalue weighted by Crippen LogP contribution is 2.09. The van der Waals surface area contributed by atoms with Crippen molar-refractivity contribution in [2.75, 3.05) is 25.0 Å². The molecule has 0 saturated carbocycles. The standard InChI is InChI=1S/C11H14N4.2ClH/c12-5-9-1-2-11(14-7-9)15-8-10-3-4-13-6-10;;/h1-2,7,10,13H,3-4,6,8H2,(H,14,15);2*1H. The molecular formula is C11H16Cl2N4. The molecule has 1 aliphatic heterocycles. The van der Waals surface area contributed by atoms with Crippen LogP contribution in [0.25, 0.3) is 0 Å². The molecule has 94 valence electrons. The molecule has 1 atom stereocenters. The first-order chi connectivity index (χ1) is 7.38. The molecule has 2 heterocycles. The van der Waals surface area contributed by atoms with Gasteiger partial charge in [-0.3, -0.25) is 0 Å². The van der Waals surface area contributed by atoms with E-state index in [0.717, 1.165) is 25.5 Å². The lowest BCUT2D eigenvalue weighted by molar-refractivity contribution is 0.614. The molecule has 6 heteroatoms. The highest BCUT2D eigenvalue weighted by Gasteiger charge is 2.13. The van der Waals surface area contributed by atoms with Gasteiger partial charge in [0.15, 0.2) is 0 Å². The molecule has 1 unspecified atom stereocenters. The van der Waals surface area contributed by atoms with Crippen molar-refractivity contribution in [1.82, 2.24) is 10.3 Å². The van der Waals surface area contributed by atoms with Crippen molar-refractivity contribution in [2.45, 2.75) is 6.42 Å². The van der Waals surface area contributed by atoms with Crippen molar-refractivity contribution in [1.29, 1.82) is 5.26 Å². The number of nitriles is 1. The number of aromatic nitrogens is 1. The van der Waals surface area contributed by atoms with Crippen LogP contribution in [0.4, 0.5) is 5.82 Å². The zero-order valence-corrected chi connectivity index (χ0v) is 11.0. The van der Waals surface area contributed by atoms with E-state index in [9.17, 15) is 0 Å². The summed E-state index contributed by atoms with van der Waals surface area (Å²) in [5.74, 6) is 1.54. The van der Waals surface area contributed by atoms with E-state index >= 15 is 0 Å². The summed E-state index contributed by atoms with van der Waals surface area (Å²) in [6, 6.07) is 5.68. The Morgan fingerprint density at radius 2 is 2.29 bits per heavy atom. The second-order valence-electron chi connectivity index (χ2n) is 3.78. The van der Waals surface area contributed by atoms with Gasteiger partial charge in [-0.25, -0.2) is 4.98 Å². The topological polar surface area (TPSA) is 60.7 Å². The summed E-state index contributed by atoms with van der Waals surface area (Å²) < 4.78 is 0. The first kappa shape index (κ1) is 16.0. The molecular weight excluding hydrogens is 259 g/mol. The van der Waals surface area contributed by atoms with Crippen LogP contribution in [0.3, 0.4) is 0 Å². The molecule has 0 amide bonds. The average Bonchev–Trinajstić information content (AvgIpc) is 2.80. The lowest BCUT2D eigenvalue weighted by atomic mass is 10.1. The van der Waals surface area contributed by atoms with Crippen LogP contribution in [0.1, 0.15) is 12.0 Å². The summed E-state index contributed by atoms with van der Waals surface area (Å²) in [7, 11) is 0. The van der Waals surface area contributed by atoms with Crippen molar-refractivity contribution in [2.24, 2.45) is 5.92 Å². The molecule has 17 heavy (non-hydrogen) atoms. The lowest BCUT2D eigenvalue weighted by Gasteiger charge is -2.10. The Morgan fingerprint density at radius 1 is 1.47 bits per heavy atom. The van der Waals surface area contributed by atoms with Crippen molar-refractivity contribution in [3.63, 3.8) is 0 Å². The maximum Gasteiger partial charge on any atom is 0.125 e. The summed E-state index contributed by atoms with van der Waals surface area (Å²) in [6.07, 6.45) is 2.82. The summed E-state index contributed by atoms with van der Waals surface area (Å²) in [6.45, 7) is 3.16. The Bertz CT molecular complexity index is 355. The van der Waals surface area contributed by atoms with Gasteiger partial charge in [-0.1, -0.05) is 0 Å². The molecule has 0 spiro atoms. The van der Waals surface area contributed by atoms with Crippen LogP contribution in [0.5, 0.6) is 0 Å². The van der Waals surface area contributed by atoms with E-state index < -0.39 is 0 Å². The quantitative estimate of drug-likeness (QED) is 0.883. The Morgan fingerprint density at radius 3 is 2.82 bits per heavy atom. The summed E-state index contributed by atoms with van der Waals surface area (Å²) in [4.78, 5) is 4.16. The molecule has 0 aromatic carbocycles. The van der Waals surface area contributed by atoms with Gasteiger partial charge >= 0.3 is 0 Å². The number of anilines is 1. The largest absolute Gasteiger partial charge is 0.370 e. The number of nitrogens with zero attached hydrogens (tertiary/aromatic N) is 2. The molecule has 0 radical (unpaired) electrons. The van der Waals surface area contributed by atoms with Crippen LogP contribution in [0, 0.1) is 17.2 Å². The van der Waals surface area contributed by atoms with Gasteiger partial charge in [-0.2, -0.15) is 5.26 Å². The van der Waals surface area contributed by atoms with E-state index in [1.54, 1.807) is 12.3 Å². The van der Waals surface area contributed by atoms with Crippen LogP contribution in [-0.2, 0) is 0 Å². The minimum absolute atomic E-state index is 0. The fourth-order valence-corrected chi connectivity index (χ4v) is 1.70. The molecule has 1 saturated heterocycles. The highest BCUT2D eigenvalue weighted by molar-refractivity contribution is 5.85. The van der Waals surface area contributed by atoms with Crippen LogP contribution in [0.2, 0.25) is 0 Å². The third-order valence-electron chi connectivity index (χ3n) is 2.63. The Hall–Kier alpha value is -1.02. The molecule has 1 aromatic rings. The van der Waals surface area contributed by atoms with Crippen molar-refractivity contribution in [3.05, 3.63) is 23.9 Å². The molecule has 0 bridgehead atoms. The maximum atomic E-state index is 8.61. The average molecular weight is 275 g/mol. The molecule has 4 nitrogen and oxygen atoms in total. The van der Waals surface area contributed by atoms with Gasteiger partial charge in [0.1, 0.15) is 11.9 Å². The van der Waals surface area contributed by atoms with Gasteiger partial charge in [0.25, 0.3) is 0 Å². The van der Waals surface area contributed by atoms with E-state index in [1.807, 2.05) is 6.07 Å². The van der Waals surface area contributed by atoms with E-state index in [-0.39, 0.29) is 24.8 Å². The summed E-state index contributed by atoms with van der Waals surface area (Å²) in [5.41, 5.74) is 0.600. The summed E-state index contributed by atoms with van der Waals surface area (Å²) >= 11 is 0. The molecule has 1 aromatic heterocycles. The zero-order chi connectivity index (χ0) is 10.5. The van der Waals surface area contributed by atoms with E-state index in [0.29, 0.717) is 11.5 Å². The predicted molar refractivity (Wildman–Crippen MR) is 72.9 cm³/mol. The van der Waals surface area contributed by atoms with Crippen molar-refractivity contribution in [3.8, 4) is 6.07 Å². The number of nitrogens with one attached hydrogen (secondary N) is 2. The molecule has 1 fully saturated rings. The first-order valence-electron chi connectivity index (χ1n) is 5.19. The zero-order valence-electron chi connectivity index (χ0n) is 9.35. The van der Waals surface area contributed by atoms with Crippen molar-refractivity contribution >= 4 is 30.6 Å². The van der Waals surface area contributed by atoms with Crippen LogP contribution >= 0.6 is 24.8 Å². The van der Waals surface area contributed by atoms with Gasteiger partial charge in [0.05, 0.1) is 5.56 Å². The second kappa shape index (κ2) is 8.13. The number of hydrogen-bond donors (Lipinski definition) is 2. The second-order valence-corrected chi connectivity index (χ2v) is 3.78. The van der Waals surface area contributed by atoms with Gasteiger partial charge in [0, 0.05) is 12.7 Å². The number of pyridine rings is 1. The first-order valence-corrected chi connectivity index (χ1v) is 5.19. The third kappa shape index (κ3) is 4.78. The van der Waals surface area contributed by atoms with Gasteiger partial charge in [-0.15, -0.1) is 24.8 Å². The van der Waals surface area contributed by atoms with Crippen LogP contribution in [-0.4, -0.2) is 24.6 Å². The third-order valence-corrected chi connectivity index (χ3v) is 2.63. The normalized spacial score (nSPS) is 17.5. The highest BCUT2D eigenvalue weighted by atomic mass is 35.5. The monoisotopic (exact) mass is 274 g/mol. The van der Waals surface area contributed by atoms with Gasteiger partial charge in [-0.05, 0) is 37.6 Å². The maximum absolute atomic E-state index is 8.61. The van der Waals surface area contributed by atoms with Gasteiger partial charge < -0.3 is 10.6 Å². The number of rotatable bonds is 3. The predicted octanol–water partition coefficient (Wildman–Crippen LogP) is 1.82. The Labute approximate surface area is 114 Å². The Balaban J connectivity index is 0.00000128. The summed E-state index contributed by atoms with van der Waals surface area (Å²) in [5, 5.41) is 15.2. The minimum Gasteiger partial charge on any atom is -0.370 e. The Kier molecular flexibility index (Phi) is 7.64. The molecule has 2 N–H and O–H groups in total. The lowest BCUT2D eigenvalue weighted by Crippen LogP contribution is -2.17. The van der Waals surface area contributed by atoms with Crippen LogP contribution in [0.15, 0.2) is 18.3 Å². The number of halogens is 2. The van der Waals surface area contributed by atoms with E-state index in [1.165, 1.54) is 6.42 Å². The minimum atomic E-state index is 0. The van der Waals surface area contributed by atoms with Gasteiger partial charge in [0.2, 0.25) is 0 Å². The molecule has 2 rings (SSSR count). The van der Waals surface area contributed by atoms with E-state index in [4.69, 9.17) is 5.26 Å². The number of hydrogen-bond acceptors (Lipinski definition) is 4. The van der Waals surface area contributed by atoms with E-state index in [2.05, 4.69) is 21.7 Å². The molecule has 0 aliphatic carbocycles.